The smallest absolute Gasteiger partial charge is 0.220 e. The molecule has 2 N–H and O–H groups in total. The van der Waals surface area contributed by atoms with Crippen LogP contribution in [0, 0.1) is 45.8 Å². The molecule has 4 aliphatic rings. The number of amides is 1. The number of ketones is 1. The minimum absolute atomic E-state index is 0.0190. The average Bonchev–Trinajstić information content (AvgIpc) is 3.38. The Balaban J connectivity index is 1.31. The topological polar surface area (TPSA) is 66.4 Å². The maximum absolute atomic E-state index is 13.2. The SMILES string of the molecule is CCC(NC(=O)C[C@@H](C)C1CC[C@@]2(C)C3[C@H](O)CC4CC(=O)CCC4(C)[C@H]3CCC12C)c1ccc(Cl)s1. The van der Waals surface area contributed by atoms with Crippen molar-refractivity contribution in [3.63, 3.8) is 0 Å². The van der Waals surface area contributed by atoms with Gasteiger partial charge in [-0.15, -0.1) is 11.3 Å². The van der Waals surface area contributed by atoms with Gasteiger partial charge in [-0.3, -0.25) is 9.59 Å². The molecule has 206 valence electrons. The minimum atomic E-state index is -0.320. The lowest BCUT2D eigenvalue weighted by Gasteiger charge is -2.65. The molecule has 1 heterocycles. The molecule has 1 amide bonds. The molecule has 5 rings (SSSR count). The first kappa shape index (κ1) is 27.6. The van der Waals surface area contributed by atoms with E-state index in [0.29, 0.717) is 54.6 Å². The zero-order valence-electron chi connectivity index (χ0n) is 23.3. The highest BCUT2D eigenvalue weighted by Gasteiger charge is 2.67. The lowest BCUT2D eigenvalue weighted by molar-refractivity contribution is -0.200. The molecule has 10 atom stereocenters. The number of hydrogen-bond donors (Lipinski definition) is 2. The number of Topliss-reactive ketones (excluding diaryl/α,β-unsaturated/α-hetero) is 1. The molecule has 0 spiro atoms. The molecule has 4 saturated carbocycles. The van der Waals surface area contributed by atoms with E-state index in [4.69, 9.17) is 11.6 Å². The van der Waals surface area contributed by atoms with Crippen LogP contribution in [0.5, 0.6) is 0 Å². The third-order valence-electron chi connectivity index (χ3n) is 12.3. The predicted octanol–water partition coefficient (Wildman–Crippen LogP) is 7.58. The van der Waals surface area contributed by atoms with Gasteiger partial charge in [0.1, 0.15) is 5.78 Å². The predicted molar refractivity (Wildman–Crippen MR) is 151 cm³/mol. The molecule has 4 nitrogen and oxygen atoms in total. The third kappa shape index (κ3) is 4.43. The van der Waals surface area contributed by atoms with Crippen LogP contribution in [-0.4, -0.2) is 22.9 Å². The van der Waals surface area contributed by atoms with Gasteiger partial charge in [-0.05, 0) is 103 Å². The van der Waals surface area contributed by atoms with E-state index in [1.807, 2.05) is 12.1 Å². The summed E-state index contributed by atoms with van der Waals surface area (Å²) in [6.45, 7) is 11.8. The van der Waals surface area contributed by atoms with Gasteiger partial charge >= 0.3 is 0 Å². The molecule has 1 aromatic heterocycles. The maximum atomic E-state index is 13.2. The molecule has 0 saturated heterocycles. The average molecular weight is 548 g/mol. The Morgan fingerprint density at radius 2 is 1.92 bits per heavy atom. The number of hydrogen-bond acceptors (Lipinski definition) is 4. The van der Waals surface area contributed by atoms with E-state index in [9.17, 15) is 14.7 Å². The highest BCUT2D eigenvalue weighted by atomic mass is 35.5. The Bertz CT molecular complexity index is 1040. The van der Waals surface area contributed by atoms with Crippen molar-refractivity contribution in [2.75, 3.05) is 0 Å². The minimum Gasteiger partial charge on any atom is -0.393 e. The summed E-state index contributed by atoms with van der Waals surface area (Å²) in [7, 11) is 0. The number of halogens is 1. The van der Waals surface area contributed by atoms with Gasteiger partial charge < -0.3 is 10.4 Å². The van der Waals surface area contributed by atoms with E-state index in [0.717, 1.165) is 54.2 Å². The molecule has 4 aliphatic carbocycles. The van der Waals surface area contributed by atoms with Crippen LogP contribution in [0.2, 0.25) is 4.34 Å². The first-order valence-corrected chi connectivity index (χ1v) is 15.9. The molecular weight excluding hydrogens is 502 g/mol. The number of fused-ring (bicyclic) bond motifs is 5. The molecule has 6 unspecified atom stereocenters. The molecule has 37 heavy (non-hydrogen) atoms. The number of rotatable bonds is 6. The summed E-state index contributed by atoms with van der Waals surface area (Å²) in [6.07, 6.45) is 8.79. The van der Waals surface area contributed by atoms with Gasteiger partial charge in [-0.2, -0.15) is 0 Å². The third-order valence-corrected chi connectivity index (χ3v) is 13.6. The molecule has 0 aliphatic heterocycles. The standard InChI is InChI=1S/C31H46ClNO3S/c1-6-23(25-7-8-26(32)37-25)33-27(36)15-18(2)21-10-14-31(5)28-22(11-13-30(21,31)4)29(3)12-9-20(34)16-19(29)17-24(28)35/h7-8,18-19,21-24,28,35H,6,9-17H2,1-5H3,(H,33,36)/t18-,19?,21?,22+,23?,24-,28?,29?,30?,31+/m1/s1. The summed E-state index contributed by atoms with van der Waals surface area (Å²) in [6, 6.07) is 3.95. The van der Waals surface area contributed by atoms with Gasteiger partial charge in [0.15, 0.2) is 0 Å². The van der Waals surface area contributed by atoms with Gasteiger partial charge in [0.2, 0.25) is 5.91 Å². The summed E-state index contributed by atoms with van der Waals surface area (Å²) in [5.41, 5.74) is 0.361. The van der Waals surface area contributed by atoms with E-state index < -0.39 is 0 Å². The lowest BCUT2D eigenvalue weighted by Crippen LogP contribution is -2.62. The Hall–Kier alpha value is -0.910. The van der Waals surface area contributed by atoms with Crippen molar-refractivity contribution in [2.45, 2.75) is 111 Å². The zero-order chi connectivity index (χ0) is 26.8. The molecular formula is C31H46ClNO3S. The van der Waals surface area contributed by atoms with Crippen molar-refractivity contribution in [2.24, 2.45) is 45.8 Å². The molecule has 0 aromatic carbocycles. The quantitative estimate of drug-likeness (QED) is 0.385. The van der Waals surface area contributed by atoms with Crippen LogP contribution in [0.1, 0.15) is 110 Å². The van der Waals surface area contributed by atoms with Crippen molar-refractivity contribution < 1.29 is 14.7 Å². The molecule has 0 radical (unpaired) electrons. The highest BCUT2D eigenvalue weighted by molar-refractivity contribution is 7.16. The van der Waals surface area contributed by atoms with Crippen LogP contribution in [0.15, 0.2) is 12.1 Å². The van der Waals surface area contributed by atoms with Crippen LogP contribution < -0.4 is 5.32 Å². The van der Waals surface area contributed by atoms with Crippen LogP contribution in [0.3, 0.4) is 0 Å². The highest BCUT2D eigenvalue weighted by Crippen LogP contribution is 2.73. The molecule has 4 fully saturated rings. The van der Waals surface area contributed by atoms with E-state index in [1.54, 1.807) is 11.3 Å². The normalized spacial score (nSPS) is 42.9. The van der Waals surface area contributed by atoms with E-state index in [-0.39, 0.29) is 34.3 Å². The van der Waals surface area contributed by atoms with Crippen molar-refractivity contribution in [3.05, 3.63) is 21.3 Å². The van der Waals surface area contributed by atoms with Gasteiger partial charge in [0.25, 0.3) is 0 Å². The fraction of sp³-hybridized carbons (Fsp3) is 0.806. The van der Waals surface area contributed by atoms with Crippen molar-refractivity contribution in [3.8, 4) is 0 Å². The Morgan fingerprint density at radius 1 is 1.19 bits per heavy atom. The van der Waals surface area contributed by atoms with Crippen LogP contribution in [0.4, 0.5) is 0 Å². The largest absolute Gasteiger partial charge is 0.393 e. The number of carbonyl (C=O) groups excluding carboxylic acids is 2. The zero-order valence-corrected chi connectivity index (χ0v) is 24.9. The van der Waals surface area contributed by atoms with Gasteiger partial charge in [0.05, 0.1) is 16.5 Å². The van der Waals surface area contributed by atoms with Crippen LogP contribution in [0.25, 0.3) is 0 Å². The van der Waals surface area contributed by atoms with Gasteiger partial charge in [0, 0.05) is 24.1 Å². The molecule has 1 aromatic rings. The van der Waals surface area contributed by atoms with Crippen LogP contribution in [-0.2, 0) is 9.59 Å². The number of nitrogens with one attached hydrogen (secondary N) is 1. The fourth-order valence-electron chi connectivity index (χ4n) is 10.0. The maximum Gasteiger partial charge on any atom is 0.220 e. The second-order valence-electron chi connectivity index (χ2n) is 13.8. The first-order chi connectivity index (χ1) is 17.4. The van der Waals surface area contributed by atoms with E-state index >= 15 is 0 Å². The summed E-state index contributed by atoms with van der Waals surface area (Å²) >= 11 is 7.69. The summed E-state index contributed by atoms with van der Waals surface area (Å²) in [5, 5.41) is 14.9. The fourth-order valence-corrected chi connectivity index (χ4v) is 11.2. The second kappa shape index (κ2) is 9.93. The van der Waals surface area contributed by atoms with Gasteiger partial charge in [-0.25, -0.2) is 0 Å². The first-order valence-electron chi connectivity index (χ1n) is 14.7. The number of thiophene rings is 1. The summed E-state index contributed by atoms with van der Waals surface area (Å²) in [4.78, 5) is 26.6. The van der Waals surface area contributed by atoms with Crippen LogP contribution >= 0.6 is 22.9 Å². The molecule has 6 heteroatoms. The summed E-state index contributed by atoms with van der Waals surface area (Å²) in [5.74, 6) is 2.42. The second-order valence-corrected chi connectivity index (χ2v) is 15.5. The lowest BCUT2D eigenvalue weighted by atomic mass is 9.39. The van der Waals surface area contributed by atoms with E-state index in [2.05, 4.69) is 39.9 Å². The van der Waals surface area contributed by atoms with Crippen molar-refractivity contribution in [1.29, 1.82) is 0 Å². The van der Waals surface area contributed by atoms with Crippen molar-refractivity contribution >= 4 is 34.6 Å². The Kier molecular flexibility index (Phi) is 7.42. The summed E-state index contributed by atoms with van der Waals surface area (Å²) < 4.78 is 0.759. The Morgan fingerprint density at radius 3 is 2.59 bits per heavy atom. The number of aliphatic hydroxyl groups is 1. The number of carbonyl (C=O) groups is 2. The van der Waals surface area contributed by atoms with E-state index in [1.165, 1.54) is 0 Å². The van der Waals surface area contributed by atoms with Gasteiger partial charge in [-0.1, -0.05) is 46.2 Å². The number of aliphatic hydroxyl groups excluding tert-OH is 1. The van der Waals surface area contributed by atoms with Crippen molar-refractivity contribution in [1.82, 2.24) is 5.32 Å². The Labute approximate surface area is 232 Å². The molecule has 0 bridgehead atoms. The monoisotopic (exact) mass is 547 g/mol.